The molecule has 0 bridgehead atoms. The van der Waals surface area contributed by atoms with Crippen LogP contribution in [0.3, 0.4) is 0 Å². The van der Waals surface area contributed by atoms with Gasteiger partial charge in [0.15, 0.2) is 11.6 Å². The molecule has 2 heterocycles. The molecule has 2 aromatic heterocycles. The molecular weight excluding hydrogens is 329 g/mol. The van der Waals surface area contributed by atoms with E-state index < -0.39 is 23.3 Å². The highest BCUT2D eigenvalue weighted by molar-refractivity contribution is 5.96. The Morgan fingerprint density at radius 1 is 1.20 bits per heavy atom. The van der Waals surface area contributed by atoms with Crippen LogP contribution in [-0.4, -0.2) is 9.97 Å². The van der Waals surface area contributed by atoms with Gasteiger partial charge in [0.25, 0.3) is 0 Å². The first-order valence-corrected chi connectivity index (χ1v) is 7.25. The summed E-state index contributed by atoms with van der Waals surface area (Å²) in [7, 11) is 0. The highest BCUT2D eigenvalue weighted by Gasteiger charge is 2.17. The van der Waals surface area contributed by atoms with Gasteiger partial charge in [-0.15, -0.1) is 0 Å². The minimum Gasteiger partial charge on any atom is -0.381 e. The van der Waals surface area contributed by atoms with Gasteiger partial charge in [-0.2, -0.15) is 5.26 Å². The van der Waals surface area contributed by atoms with Crippen molar-refractivity contribution in [1.82, 2.24) is 9.97 Å². The second-order valence-electron chi connectivity index (χ2n) is 5.08. The molecule has 0 aliphatic rings. The van der Waals surface area contributed by atoms with E-state index in [1.165, 1.54) is 12.6 Å². The summed E-state index contributed by atoms with van der Waals surface area (Å²) < 4.78 is 40.4. The third kappa shape index (κ3) is 3.91. The second kappa shape index (κ2) is 8.20. The van der Waals surface area contributed by atoms with Gasteiger partial charge in [-0.05, 0) is 12.1 Å². The van der Waals surface area contributed by atoms with Crippen molar-refractivity contribution in [2.24, 2.45) is 0 Å². The van der Waals surface area contributed by atoms with E-state index >= 15 is 0 Å². The van der Waals surface area contributed by atoms with Crippen molar-refractivity contribution in [3.8, 4) is 17.3 Å². The van der Waals surface area contributed by atoms with E-state index in [-0.39, 0.29) is 36.6 Å². The number of anilines is 1. The number of fused-ring (bicyclic) bond motifs is 1. The number of nitrogens with one attached hydrogen (secondary N) is 1. The Bertz CT molecular complexity index is 932. The molecule has 0 radical (unpaired) electrons. The highest BCUT2D eigenvalue weighted by atomic mass is 19.1. The molecule has 0 aliphatic carbocycles. The second-order valence-corrected chi connectivity index (χ2v) is 5.08. The Morgan fingerprint density at radius 3 is 2.44 bits per heavy atom. The van der Waals surface area contributed by atoms with E-state index in [1.54, 1.807) is 6.07 Å². The first kappa shape index (κ1) is 20.0. The third-order valence-corrected chi connectivity index (χ3v) is 3.08. The Kier molecular flexibility index (Phi) is 6.57. The first-order chi connectivity index (χ1) is 11.4. The lowest BCUT2D eigenvalue weighted by Crippen LogP contribution is -1.99. The van der Waals surface area contributed by atoms with Gasteiger partial charge in [0.05, 0.1) is 16.8 Å². The number of nitrogens with zero attached hydrogens (tertiary/aromatic N) is 2. The molecule has 3 N–H and O–H groups in total. The van der Waals surface area contributed by atoms with Crippen LogP contribution in [0.15, 0.2) is 24.4 Å². The summed E-state index contributed by atoms with van der Waals surface area (Å²) in [4.78, 5) is 6.45. The van der Waals surface area contributed by atoms with Gasteiger partial charge in [0.2, 0.25) is 0 Å². The number of aromatic amines is 1. The molecule has 0 atom stereocenters. The van der Waals surface area contributed by atoms with Crippen molar-refractivity contribution >= 4 is 16.7 Å². The minimum atomic E-state index is -0.826. The maximum Gasteiger partial charge on any atom is 0.166 e. The smallest absolute Gasteiger partial charge is 0.166 e. The number of pyridine rings is 1. The van der Waals surface area contributed by atoms with Crippen LogP contribution in [-0.2, 0) is 0 Å². The van der Waals surface area contributed by atoms with Crippen molar-refractivity contribution in [2.75, 3.05) is 5.73 Å². The maximum atomic E-state index is 13.7. The Labute approximate surface area is 145 Å². The quantitative estimate of drug-likeness (QED) is 0.617. The van der Waals surface area contributed by atoms with E-state index in [9.17, 15) is 13.2 Å². The summed E-state index contributed by atoms with van der Waals surface area (Å²) in [6.07, 6.45) is 2.62. The summed E-state index contributed by atoms with van der Waals surface area (Å²) in [5.74, 6) is -2.76. The Morgan fingerprint density at radius 2 is 1.84 bits per heavy atom. The topological polar surface area (TPSA) is 78.5 Å². The van der Waals surface area contributed by atoms with E-state index in [4.69, 9.17) is 11.0 Å². The molecule has 0 unspecified atom stereocenters. The molecule has 1 aromatic carbocycles. The number of rotatable bonds is 1. The molecule has 0 spiro atoms. The lowest BCUT2D eigenvalue weighted by Gasteiger charge is -2.04. The number of aromatic nitrogens is 2. The monoisotopic (exact) mass is 350 g/mol. The SMILES string of the molecule is C.CCC.N#Cc1cc(F)c(N)nc1-c1c[nH]c2c(F)cc(F)cc12.[HH]. The van der Waals surface area contributed by atoms with Crippen LogP contribution in [0.25, 0.3) is 22.2 Å². The number of hydrogen-bond acceptors (Lipinski definition) is 3. The predicted molar refractivity (Wildman–Crippen MR) is 95.3 cm³/mol. The van der Waals surface area contributed by atoms with Crippen LogP contribution in [0.1, 0.15) is 34.7 Å². The van der Waals surface area contributed by atoms with E-state index in [2.05, 4.69) is 23.8 Å². The van der Waals surface area contributed by atoms with Crippen LogP contribution in [0, 0.1) is 28.8 Å². The van der Waals surface area contributed by atoms with E-state index in [0.717, 1.165) is 18.2 Å². The fourth-order valence-corrected chi connectivity index (χ4v) is 2.14. The van der Waals surface area contributed by atoms with Crippen molar-refractivity contribution in [1.29, 1.82) is 5.26 Å². The van der Waals surface area contributed by atoms with Gasteiger partial charge in [-0.3, -0.25) is 0 Å². The average Bonchev–Trinajstić information content (AvgIpc) is 2.94. The molecule has 3 aromatic rings. The number of H-pyrrole nitrogens is 1. The normalized spacial score (nSPS) is 9.76. The molecule has 0 saturated heterocycles. The number of nitriles is 1. The summed E-state index contributed by atoms with van der Waals surface area (Å²) >= 11 is 0. The van der Waals surface area contributed by atoms with Crippen LogP contribution >= 0.6 is 0 Å². The molecule has 0 amide bonds. The zero-order valence-corrected chi connectivity index (χ0v) is 13.1. The molecule has 134 valence electrons. The number of nitrogen functional groups attached to an aromatic ring is 1. The van der Waals surface area contributed by atoms with E-state index in [0.29, 0.717) is 0 Å². The lowest BCUT2D eigenvalue weighted by atomic mass is 10.0. The summed E-state index contributed by atoms with van der Waals surface area (Å²) in [6, 6.07) is 4.56. The summed E-state index contributed by atoms with van der Waals surface area (Å²) in [5, 5.41) is 9.25. The molecule has 0 saturated carbocycles. The van der Waals surface area contributed by atoms with Crippen LogP contribution < -0.4 is 5.73 Å². The molecule has 3 rings (SSSR count). The first-order valence-electron chi connectivity index (χ1n) is 7.25. The van der Waals surface area contributed by atoms with Crippen molar-refractivity contribution < 1.29 is 14.6 Å². The molecule has 25 heavy (non-hydrogen) atoms. The summed E-state index contributed by atoms with van der Waals surface area (Å²) in [6.45, 7) is 4.25. The van der Waals surface area contributed by atoms with Gasteiger partial charge in [0, 0.05) is 24.6 Å². The van der Waals surface area contributed by atoms with Gasteiger partial charge < -0.3 is 10.7 Å². The maximum absolute atomic E-state index is 13.7. The number of nitrogens with two attached hydrogens (primary N) is 1. The molecule has 7 heteroatoms. The fourth-order valence-electron chi connectivity index (χ4n) is 2.14. The van der Waals surface area contributed by atoms with Crippen LogP contribution in [0.4, 0.5) is 19.0 Å². The summed E-state index contributed by atoms with van der Waals surface area (Å²) in [5.41, 5.74) is 5.73. The molecule has 4 nitrogen and oxygen atoms in total. The number of hydrogen-bond donors (Lipinski definition) is 2. The number of benzene rings is 1. The Balaban J connectivity index is 0.00000117. The number of halogens is 3. The predicted octanol–water partition coefficient (Wildman–Crippen LogP) is 5.40. The van der Waals surface area contributed by atoms with Gasteiger partial charge in [-0.1, -0.05) is 27.7 Å². The fraction of sp³-hybridized carbons (Fsp3) is 0.222. The highest BCUT2D eigenvalue weighted by Crippen LogP contribution is 2.32. The lowest BCUT2D eigenvalue weighted by molar-refractivity contribution is 0.591. The standard InChI is InChI=1S/C14H7F3N4.C3H8.CH4.H2/c15-7-2-8-9(5-20-13(8)10(16)3-7)12-6(4-18)1-11(17)14(19)21-12;1-3-2;;/h1-3,5,20H,(H2,19,21);3H2,1-2H3;1H4;1H. The largest absolute Gasteiger partial charge is 0.381 e. The molecule has 0 fully saturated rings. The van der Waals surface area contributed by atoms with Crippen molar-refractivity contribution in [2.45, 2.75) is 27.7 Å². The third-order valence-electron chi connectivity index (χ3n) is 3.08. The van der Waals surface area contributed by atoms with Crippen LogP contribution in [0.2, 0.25) is 0 Å². The van der Waals surface area contributed by atoms with Crippen molar-refractivity contribution in [3.05, 3.63) is 47.4 Å². The average molecular weight is 350 g/mol. The zero-order chi connectivity index (χ0) is 17.9. The van der Waals surface area contributed by atoms with Gasteiger partial charge >= 0.3 is 0 Å². The van der Waals surface area contributed by atoms with Crippen LogP contribution in [0.5, 0.6) is 0 Å². The molecule has 0 aliphatic heterocycles. The zero-order valence-electron chi connectivity index (χ0n) is 13.1. The Hall–Kier alpha value is -3.01. The molecular formula is C18H21F3N4. The van der Waals surface area contributed by atoms with E-state index in [1.807, 2.05) is 0 Å². The van der Waals surface area contributed by atoms with Gasteiger partial charge in [0.1, 0.15) is 17.7 Å². The van der Waals surface area contributed by atoms with Gasteiger partial charge in [-0.25, -0.2) is 18.2 Å². The minimum absolute atomic E-state index is 0. The van der Waals surface area contributed by atoms with Crippen molar-refractivity contribution in [3.63, 3.8) is 0 Å².